The molecule has 1 heterocycles. The molecule has 0 radical (unpaired) electrons. The molecule has 0 bridgehead atoms. The van der Waals surface area contributed by atoms with Crippen LogP contribution in [0.3, 0.4) is 0 Å². The van der Waals surface area contributed by atoms with E-state index in [0.29, 0.717) is 0 Å². The van der Waals surface area contributed by atoms with Gasteiger partial charge in [0, 0.05) is 10.6 Å². The van der Waals surface area contributed by atoms with Gasteiger partial charge in [-0.3, -0.25) is 11.3 Å². The number of aryl methyl sites for hydroxylation is 1. The fourth-order valence-corrected chi connectivity index (χ4v) is 2.13. The summed E-state index contributed by atoms with van der Waals surface area (Å²) >= 11 is 5.96. The molecule has 3 nitrogen and oxygen atoms in total. The molecule has 1 aromatic heterocycles. The van der Waals surface area contributed by atoms with Gasteiger partial charge in [-0.1, -0.05) is 23.7 Å². The van der Waals surface area contributed by atoms with Crippen molar-refractivity contribution in [2.45, 2.75) is 19.4 Å². The summed E-state index contributed by atoms with van der Waals surface area (Å²) < 4.78 is 5.29. The fraction of sp³-hybridized carbons (Fsp3) is 0.231. The molecule has 0 saturated heterocycles. The molecule has 3 N–H and O–H groups in total. The van der Waals surface area contributed by atoms with E-state index in [4.69, 9.17) is 21.9 Å². The molecular weight excluding hydrogens is 236 g/mol. The third-order valence-corrected chi connectivity index (χ3v) is 3.04. The highest BCUT2D eigenvalue weighted by atomic mass is 35.5. The van der Waals surface area contributed by atoms with Crippen molar-refractivity contribution < 1.29 is 4.42 Å². The first-order valence-corrected chi connectivity index (χ1v) is 5.83. The Morgan fingerprint density at radius 2 is 2.24 bits per heavy atom. The lowest BCUT2D eigenvalue weighted by molar-refractivity contribution is 0.502. The molecule has 0 aliphatic heterocycles. The molecule has 1 atom stereocenters. The minimum atomic E-state index is 0.0345. The first-order valence-electron chi connectivity index (χ1n) is 5.45. The van der Waals surface area contributed by atoms with Gasteiger partial charge in [0.15, 0.2) is 0 Å². The lowest BCUT2D eigenvalue weighted by Gasteiger charge is -2.15. The van der Waals surface area contributed by atoms with Crippen molar-refractivity contribution in [3.63, 3.8) is 0 Å². The predicted octanol–water partition coefficient (Wildman–Crippen LogP) is 2.99. The molecule has 0 spiro atoms. The van der Waals surface area contributed by atoms with E-state index in [1.165, 1.54) is 0 Å². The molecule has 0 aliphatic carbocycles. The van der Waals surface area contributed by atoms with Crippen LogP contribution < -0.4 is 11.3 Å². The molecule has 0 aliphatic rings. The number of furan rings is 1. The van der Waals surface area contributed by atoms with Gasteiger partial charge in [-0.25, -0.2) is 0 Å². The van der Waals surface area contributed by atoms with Crippen LogP contribution in [0.4, 0.5) is 0 Å². The molecule has 1 unspecified atom stereocenters. The van der Waals surface area contributed by atoms with Crippen molar-refractivity contribution in [1.29, 1.82) is 0 Å². The van der Waals surface area contributed by atoms with Gasteiger partial charge in [0.25, 0.3) is 0 Å². The van der Waals surface area contributed by atoms with Crippen LogP contribution in [0.5, 0.6) is 0 Å². The van der Waals surface area contributed by atoms with Crippen molar-refractivity contribution in [3.8, 4) is 0 Å². The van der Waals surface area contributed by atoms with E-state index in [2.05, 4.69) is 5.43 Å². The summed E-state index contributed by atoms with van der Waals surface area (Å²) in [5.41, 5.74) is 5.03. The molecule has 2 aromatic rings. The Labute approximate surface area is 106 Å². The molecule has 1 aromatic carbocycles. The zero-order chi connectivity index (χ0) is 12.3. The van der Waals surface area contributed by atoms with Crippen molar-refractivity contribution in [1.82, 2.24) is 5.43 Å². The smallest absolute Gasteiger partial charge is 0.105 e. The zero-order valence-corrected chi connectivity index (χ0v) is 10.4. The second-order valence-corrected chi connectivity index (χ2v) is 4.42. The summed E-state index contributed by atoms with van der Waals surface area (Å²) in [6, 6.07) is 9.75. The Balaban J connectivity index is 2.19. The number of nitrogens with two attached hydrogens (primary N) is 1. The Kier molecular flexibility index (Phi) is 3.84. The molecule has 17 heavy (non-hydrogen) atoms. The first kappa shape index (κ1) is 12.2. The Morgan fingerprint density at radius 3 is 2.82 bits per heavy atom. The van der Waals surface area contributed by atoms with Crippen LogP contribution in [-0.2, 0) is 6.42 Å². The van der Waals surface area contributed by atoms with E-state index in [9.17, 15) is 0 Å². The lowest BCUT2D eigenvalue weighted by atomic mass is 10.00. The van der Waals surface area contributed by atoms with Crippen LogP contribution in [0.15, 0.2) is 41.0 Å². The fourth-order valence-electron chi connectivity index (χ4n) is 1.91. The third-order valence-electron chi connectivity index (χ3n) is 2.80. The van der Waals surface area contributed by atoms with Crippen molar-refractivity contribution in [3.05, 3.63) is 58.5 Å². The molecule has 4 heteroatoms. The number of hydrazine groups is 1. The van der Waals surface area contributed by atoms with Gasteiger partial charge >= 0.3 is 0 Å². The summed E-state index contributed by atoms with van der Waals surface area (Å²) in [6.45, 7) is 1.93. The highest BCUT2D eigenvalue weighted by Crippen LogP contribution is 2.23. The van der Waals surface area contributed by atoms with Crippen molar-refractivity contribution in [2.75, 3.05) is 0 Å². The van der Waals surface area contributed by atoms with Crippen LogP contribution >= 0.6 is 11.6 Å². The van der Waals surface area contributed by atoms with Gasteiger partial charge < -0.3 is 4.42 Å². The minimum Gasteiger partial charge on any atom is -0.469 e. The van der Waals surface area contributed by atoms with Crippen molar-refractivity contribution >= 4 is 11.6 Å². The maximum atomic E-state index is 5.96. The maximum absolute atomic E-state index is 5.96. The summed E-state index contributed by atoms with van der Waals surface area (Å²) in [5.74, 6) is 6.48. The molecule has 0 fully saturated rings. The number of nitrogens with one attached hydrogen (secondary N) is 1. The average Bonchev–Trinajstić information content (AvgIpc) is 2.72. The van der Waals surface area contributed by atoms with Gasteiger partial charge in [0.2, 0.25) is 0 Å². The van der Waals surface area contributed by atoms with Crippen molar-refractivity contribution in [2.24, 2.45) is 5.84 Å². The zero-order valence-electron chi connectivity index (χ0n) is 9.61. The van der Waals surface area contributed by atoms with E-state index in [1.54, 1.807) is 6.26 Å². The molecule has 2 rings (SSSR count). The van der Waals surface area contributed by atoms with Crippen LogP contribution in [0.1, 0.15) is 22.9 Å². The van der Waals surface area contributed by atoms with Crippen LogP contribution in [0, 0.1) is 6.92 Å². The summed E-state index contributed by atoms with van der Waals surface area (Å²) in [4.78, 5) is 0. The SMILES string of the molecule is Cc1occc1C(Cc1cccc(Cl)c1)NN. The van der Waals surface area contributed by atoms with Gasteiger partial charge in [0.1, 0.15) is 5.76 Å². The largest absolute Gasteiger partial charge is 0.469 e. The number of hydrogen-bond donors (Lipinski definition) is 2. The highest BCUT2D eigenvalue weighted by Gasteiger charge is 2.14. The van der Waals surface area contributed by atoms with Crippen LogP contribution in [0.25, 0.3) is 0 Å². The van der Waals surface area contributed by atoms with E-state index >= 15 is 0 Å². The van der Waals surface area contributed by atoms with E-state index in [1.807, 2.05) is 37.3 Å². The van der Waals surface area contributed by atoms with Gasteiger partial charge in [-0.2, -0.15) is 0 Å². The summed E-state index contributed by atoms with van der Waals surface area (Å²) in [5, 5.41) is 0.738. The normalized spacial score (nSPS) is 12.6. The summed E-state index contributed by atoms with van der Waals surface area (Å²) in [6.07, 6.45) is 2.45. The number of rotatable bonds is 4. The highest BCUT2D eigenvalue weighted by molar-refractivity contribution is 6.30. The number of hydrogen-bond acceptors (Lipinski definition) is 3. The van der Waals surface area contributed by atoms with Crippen LogP contribution in [-0.4, -0.2) is 0 Å². The maximum Gasteiger partial charge on any atom is 0.105 e. The van der Waals surface area contributed by atoms with E-state index in [0.717, 1.165) is 28.3 Å². The average molecular weight is 251 g/mol. The standard InChI is InChI=1S/C13H15ClN2O/c1-9-12(5-6-17-9)13(16-15)8-10-3-2-4-11(14)7-10/h2-7,13,16H,8,15H2,1H3. The second-order valence-electron chi connectivity index (χ2n) is 3.99. The molecular formula is C13H15ClN2O. The van der Waals surface area contributed by atoms with E-state index in [-0.39, 0.29) is 6.04 Å². The quantitative estimate of drug-likeness (QED) is 0.648. The lowest BCUT2D eigenvalue weighted by Crippen LogP contribution is -2.29. The monoisotopic (exact) mass is 250 g/mol. The Morgan fingerprint density at radius 1 is 1.41 bits per heavy atom. The Hall–Kier alpha value is -1.29. The topological polar surface area (TPSA) is 51.2 Å². The molecule has 0 amide bonds. The molecule has 0 saturated carbocycles. The van der Waals surface area contributed by atoms with E-state index < -0.39 is 0 Å². The number of halogens is 1. The van der Waals surface area contributed by atoms with Crippen LogP contribution in [0.2, 0.25) is 5.02 Å². The minimum absolute atomic E-state index is 0.0345. The van der Waals surface area contributed by atoms with Gasteiger partial charge in [0.05, 0.1) is 12.3 Å². The molecule has 90 valence electrons. The van der Waals surface area contributed by atoms with Gasteiger partial charge in [-0.15, -0.1) is 0 Å². The summed E-state index contributed by atoms with van der Waals surface area (Å²) in [7, 11) is 0. The predicted molar refractivity (Wildman–Crippen MR) is 68.7 cm³/mol. The third kappa shape index (κ3) is 2.88. The first-order chi connectivity index (χ1) is 8.20. The number of benzene rings is 1. The Bertz CT molecular complexity index is 496. The van der Waals surface area contributed by atoms with Gasteiger partial charge in [-0.05, 0) is 37.1 Å². The second kappa shape index (κ2) is 5.36.